The van der Waals surface area contributed by atoms with Gasteiger partial charge in [0.15, 0.2) is 5.78 Å². The third kappa shape index (κ3) is 7.00. The molecule has 2 rings (SSSR count). The molecule has 1 aromatic carbocycles. The van der Waals surface area contributed by atoms with Gasteiger partial charge in [0.05, 0.1) is 6.61 Å². The van der Waals surface area contributed by atoms with Crippen LogP contribution in [0.5, 0.6) is 5.75 Å². The molecule has 0 saturated heterocycles. The van der Waals surface area contributed by atoms with E-state index in [1.54, 1.807) is 24.3 Å². The summed E-state index contributed by atoms with van der Waals surface area (Å²) in [5, 5.41) is 9.61. The number of benzene rings is 1. The van der Waals surface area contributed by atoms with Crippen molar-refractivity contribution in [2.45, 2.75) is 44.9 Å². The van der Waals surface area contributed by atoms with Gasteiger partial charge in [0.2, 0.25) is 5.91 Å². The van der Waals surface area contributed by atoms with E-state index in [1.807, 2.05) is 0 Å². The Morgan fingerprint density at radius 1 is 1.32 bits per heavy atom. The van der Waals surface area contributed by atoms with Crippen molar-refractivity contribution in [2.24, 2.45) is 11.7 Å². The van der Waals surface area contributed by atoms with Gasteiger partial charge in [0.25, 0.3) is 0 Å². The molecular weight excluding hydrogens is 398 g/mol. The van der Waals surface area contributed by atoms with Crippen molar-refractivity contribution >= 4 is 45.9 Å². The Kier molecular flexibility index (Phi) is 9.09. The molecule has 0 heterocycles. The van der Waals surface area contributed by atoms with Gasteiger partial charge in [-0.15, -0.1) is 0 Å². The number of halogens is 1. The second-order valence-corrected chi connectivity index (χ2v) is 7.87. The Hall–Kier alpha value is -1.76. The lowest BCUT2D eigenvalue weighted by Gasteiger charge is -2.21. The van der Waals surface area contributed by atoms with Crippen molar-refractivity contribution in [1.82, 2.24) is 0 Å². The predicted molar refractivity (Wildman–Crippen MR) is 115 cm³/mol. The van der Waals surface area contributed by atoms with Crippen LogP contribution in [-0.2, 0) is 9.59 Å². The van der Waals surface area contributed by atoms with Crippen LogP contribution in [0.4, 0.5) is 0 Å². The monoisotopic (exact) mass is 423 g/mol. The molecule has 0 aromatic heterocycles. The standard InChI is InChI=1S/C21H26ClNO4S/c22-16-7-8-19(27-11-10-24)18(13-16)15-5-4-14(6-9-21(23)26)20(28)3-1-2-17(25)12-15/h7-8,12-14,24H,1-6,9-11H2,(H2,23,26). The van der Waals surface area contributed by atoms with Crippen molar-refractivity contribution in [3.05, 3.63) is 34.9 Å². The summed E-state index contributed by atoms with van der Waals surface area (Å²) in [6, 6.07) is 5.23. The highest BCUT2D eigenvalue weighted by Gasteiger charge is 2.20. The molecule has 5 nitrogen and oxygen atoms in total. The Labute approximate surface area is 175 Å². The van der Waals surface area contributed by atoms with Crippen molar-refractivity contribution in [1.29, 1.82) is 0 Å². The third-order valence-corrected chi connectivity index (χ3v) is 5.55. The minimum Gasteiger partial charge on any atom is -0.491 e. The van der Waals surface area contributed by atoms with Gasteiger partial charge >= 0.3 is 0 Å². The number of carbonyl (C=O) groups excluding carboxylic acids is 2. The second-order valence-electron chi connectivity index (χ2n) is 6.91. The van der Waals surface area contributed by atoms with Gasteiger partial charge in [-0.3, -0.25) is 9.59 Å². The molecule has 7 heteroatoms. The molecule has 28 heavy (non-hydrogen) atoms. The molecule has 1 aromatic rings. The molecule has 1 unspecified atom stereocenters. The summed E-state index contributed by atoms with van der Waals surface area (Å²) in [6.45, 7) is 0.0463. The summed E-state index contributed by atoms with van der Waals surface area (Å²) in [5.74, 6) is 0.382. The third-order valence-electron chi connectivity index (χ3n) is 4.77. The summed E-state index contributed by atoms with van der Waals surface area (Å²) in [4.78, 5) is 24.5. The van der Waals surface area contributed by atoms with Crippen LogP contribution >= 0.6 is 23.8 Å². The molecule has 0 bridgehead atoms. The van der Waals surface area contributed by atoms with E-state index >= 15 is 0 Å². The van der Waals surface area contributed by atoms with Crippen LogP contribution in [0.1, 0.15) is 50.5 Å². The molecular formula is C21H26ClNO4S. The Balaban J connectivity index is 2.32. The topological polar surface area (TPSA) is 89.6 Å². The number of ketones is 1. The average Bonchev–Trinajstić information content (AvgIpc) is 2.65. The number of amides is 1. The Bertz CT molecular complexity index is 763. The van der Waals surface area contributed by atoms with Gasteiger partial charge < -0.3 is 15.6 Å². The molecule has 0 spiro atoms. The highest BCUT2D eigenvalue weighted by atomic mass is 35.5. The number of ether oxygens (including phenoxy) is 1. The van der Waals surface area contributed by atoms with E-state index in [0.717, 1.165) is 22.4 Å². The number of hydrogen-bond donors (Lipinski definition) is 2. The maximum absolute atomic E-state index is 12.4. The molecule has 0 aliphatic heterocycles. The number of allylic oxidation sites excluding steroid dienone is 2. The average molecular weight is 424 g/mol. The fourth-order valence-electron chi connectivity index (χ4n) is 3.34. The second kappa shape index (κ2) is 11.3. The van der Waals surface area contributed by atoms with E-state index in [-0.39, 0.29) is 30.8 Å². The first-order valence-electron chi connectivity index (χ1n) is 9.48. The van der Waals surface area contributed by atoms with Crippen LogP contribution in [-0.4, -0.2) is 34.9 Å². The number of carbonyl (C=O) groups is 2. The van der Waals surface area contributed by atoms with E-state index in [9.17, 15) is 9.59 Å². The summed E-state index contributed by atoms with van der Waals surface area (Å²) >= 11 is 11.8. The van der Waals surface area contributed by atoms with Crippen LogP contribution in [0.2, 0.25) is 5.02 Å². The molecule has 1 amide bonds. The van der Waals surface area contributed by atoms with Gasteiger partial charge in [0.1, 0.15) is 12.4 Å². The van der Waals surface area contributed by atoms with Gasteiger partial charge in [-0.05, 0) is 72.7 Å². The zero-order chi connectivity index (χ0) is 20.5. The van der Waals surface area contributed by atoms with Crippen LogP contribution in [0.15, 0.2) is 24.3 Å². The van der Waals surface area contributed by atoms with Gasteiger partial charge in [-0.25, -0.2) is 0 Å². The molecule has 0 fully saturated rings. The zero-order valence-electron chi connectivity index (χ0n) is 15.8. The maximum Gasteiger partial charge on any atom is 0.217 e. The number of nitrogens with two attached hydrogens (primary N) is 1. The van der Waals surface area contributed by atoms with Crippen molar-refractivity contribution < 1.29 is 19.4 Å². The molecule has 0 saturated carbocycles. The normalized spacial score (nSPS) is 18.5. The largest absolute Gasteiger partial charge is 0.491 e. The number of rotatable bonds is 7. The molecule has 1 aliphatic rings. The fourth-order valence-corrected chi connectivity index (χ4v) is 3.89. The van der Waals surface area contributed by atoms with Crippen LogP contribution in [0.25, 0.3) is 5.57 Å². The van der Waals surface area contributed by atoms with Gasteiger partial charge in [0, 0.05) is 23.4 Å². The highest BCUT2D eigenvalue weighted by molar-refractivity contribution is 7.80. The van der Waals surface area contributed by atoms with Crippen LogP contribution in [0, 0.1) is 5.92 Å². The highest BCUT2D eigenvalue weighted by Crippen LogP contribution is 2.34. The lowest BCUT2D eigenvalue weighted by Crippen LogP contribution is -2.18. The van der Waals surface area contributed by atoms with Crippen molar-refractivity contribution in [2.75, 3.05) is 13.2 Å². The quantitative estimate of drug-likeness (QED) is 0.649. The summed E-state index contributed by atoms with van der Waals surface area (Å²) < 4.78 is 5.64. The van der Waals surface area contributed by atoms with Crippen LogP contribution in [0.3, 0.4) is 0 Å². The molecule has 1 aliphatic carbocycles. The summed E-state index contributed by atoms with van der Waals surface area (Å²) in [5.41, 5.74) is 6.88. The van der Waals surface area contributed by atoms with Crippen molar-refractivity contribution in [3.63, 3.8) is 0 Å². The molecule has 0 radical (unpaired) electrons. The predicted octanol–water partition coefficient (Wildman–Crippen LogP) is 3.88. The van der Waals surface area contributed by atoms with Crippen LogP contribution < -0.4 is 10.5 Å². The van der Waals surface area contributed by atoms with Gasteiger partial charge in [-0.1, -0.05) is 23.8 Å². The van der Waals surface area contributed by atoms with E-state index in [0.29, 0.717) is 49.3 Å². The lowest BCUT2D eigenvalue weighted by molar-refractivity contribution is -0.118. The lowest BCUT2D eigenvalue weighted by atomic mass is 9.86. The minimum atomic E-state index is -0.333. The summed E-state index contributed by atoms with van der Waals surface area (Å²) in [7, 11) is 0. The first kappa shape index (κ1) is 22.5. The number of aliphatic hydroxyl groups excluding tert-OH is 1. The fraction of sp³-hybridized carbons (Fsp3) is 0.476. The summed E-state index contributed by atoms with van der Waals surface area (Å²) in [6.07, 6.45) is 5.72. The molecule has 3 N–H and O–H groups in total. The maximum atomic E-state index is 12.4. The number of primary amides is 1. The number of thiocarbonyl (C=S) groups is 1. The van der Waals surface area contributed by atoms with Crippen molar-refractivity contribution in [3.8, 4) is 5.75 Å². The number of aliphatic hydroxyl groups is 1. The number of hydrogen-bond acceptors (Lipinski definition) is 5. The van der Waals surface area contributed by atoms with E-state index in [1.165, 1.54) is 0 Å². The Morgan fingerprint density at radius 2 is 2.11 bits per heavy atom. The van der Waals surface area contributed by atoms with E-state index in [4.69, 9.17) is 39.4 Å². The molecule has 1 atom stereocenters. The molecule has 152 valence electrons. The minimum absolute atomic E-state index is 0.0430. The SMILES string of the molecule is NC(=O)CCC1CCC(c2cc(Cl)ccc2OCCO)=CC(=O)CCCC1=S. The zero-order valence-corrected chi connectivity index (χ0v) is 17.4. The first-order valence-corrected chi connectivity index (χ1v) is 10.3. The van der Waals surface area contributed by atoms with Gasteiger partial charge in [-0.2, -0.15) is 0 Å². The Morgan fingerprint density at radius 3 is 2.82 bits per heavy atom. The van der Waals surface area contributed by atoms with E-state index < -0.39 is 0 Å². The first-order chi connectivity index (χ1) is 13.4. The smallest absolute Gasteiger partial charge is 0.217 e. The van der Waals surface area contributed by atoms with E-state index in [2.05, 4.69) is 0 Å².